The summed E-state index contributed by atoms with van der Waals surface area (Å²) in [6, 6.07) is -0.242. The highest BCUT2D eigenvalue weighted by molar-refractivity contribution is 6.11. The van der Waals surface area contributed by atoms with Crippen LogP contribution in [0.3, 0.4) is 0 Å². The van der Waals surface area contributed by atoms with E-state index >= 15 is 0 Å². The van der Waals surface area contributed by atoms with Crippen LogP contribution in [0.2, 0.25) is 0 Å². The molecule has 0 spiro atoms. The van der Waals surface area contributed by atoms with Crippen molar-refractivity contribution in [1.82, 2.24) is 0 Å². The van der Waals surface area contributed by atoms with E-state index in [1.165, 1.54) is 0 Å². The zero-order valence-corrected chi connectivity index (χ0v) is 13.8. The predicted octanol–water partition coefficient (Wildman–Crippen LogP) is 2.22. The highest BCUT2D eigenvalue weighted by Crippen LogP contribution is 2.26. The maximum atomic E-state index is 12.3. The van der Waals surface area contributed by atoms with E-state index in [-0.39, 0.29) is 18.6 Å². The number of nitrogens with zero attached hydrogens (tertiary/aromatic N) is 2. The number of hydrogen-bond acceptors (Lipinski definition) is 6. The minimum absolute atomic E-state index is 0.192. The Balaban J connectivity index is 3.24. The third-order valence-corrected chi connectivity index (χ3v) is 3.14. The first-order chi connectivity index (χ1) is 9.90. The molecule has 0 amide bonds. The van der Waals surface area contributed by atoms with Crippen molar-refractivity contribution in [3.8, 4) is 0 Å². The maximum Gasteiger partial charge on any atom is 0.343 e. The smallest absolute Gasteiger partial charge is 0.343 e. The normalized spacial score (nSPS) is 25.2. The van der Waals surface area contributed by atoms with Crippen LogP contribution in [0.5, 0.6) is 0 Å². The number of hydrogen-bond donors (Lipinski definition) is 0. The van der Waals surface area contributed by atoms with Crippen LogP contribution in [0, 0.1) is 5.92 Å². The molecular weight excluding hydrogens is 272 g/mol. The van der Waals surface area contributed by atoms with E-state index in [1.54, 1.807) is 13.8 Å². The summed E-state index contributed by atoms with van der Waals surface area (Å²) in [5.74, 6) is 0.478. The SMILES string of the molecule is CCOC(=O)[C@]1(C)N=C(OCC)[C@H](C(C)C)N=C1OCC. The Bertz CT molecular complexity index is 431. The van der Waals surface area contributed by atoms with Gasteiger partial charge in [-0.3, -0.25) is 0 Å². The molecule has 0 bridgehead atoms. The average Bonchev–Trinajstić information content (AvgIpc) is 2.42. The van der Waals surface area contributed by atoms with Gasteiger partial charge in [0.1, 0.15) is 6.04 Å². The second-order valence-corrected chi connectivity index (χ2v) is 5.23. The summed E-state index contributed by atoms with van der Waals surface area (Å²) >= 11 is 0. The summed E-state index contributed by atoms with van der Waals surface area (Å²) in [4.78, 5) is 21.3. The van der Waals surface area contributed by atoms with Gasteiger partial charge < -0.3 is 14.2 Å². The van der Waals surface area contributed by atoms with E-state index in [1.807, 2.05) is 27.7 Å². The van der Waals surface area contributed by atoms with Gasteiger partial charge in [0.2, 0.25) is 17.3 Å². The minimum atomic E-state index is -1.28. The fourth-order valence-electron chi connectivity index (χ4n) is 2.06. The van der Waals surface area contributed by atoms with Gasteiger partial charge in [0.05, 0.1) is 19.8 Å². The summed E-state index contributed by atoms with van der Waals surface area (Å²) in [7, 11) is 0. The largest absolute Gasteiger partial charge is 0.480 e. The molecule has 0 aromatic rings. The summed E-state index contributed by atoms with van der Waals surface area (Å²) in [5.41, 5.74) is -1.28. The molecule has 2 atom stereocenters. The van der Waals surface area contributed by atoms with Crippen molar-refractivity contribution in [2.75, 3.05) is 19.8 Å². The Morgan fingerprint density at radius 2 is 1.81 bits per heavy atom. The fourth-order valence-corrected chi connectivity index (χ4v) is 2.06. The molecule has 21 heavy (non-hydrogen) atoms. The van der Waals surface area contributed by atoms with Gasteiger partial charge in [-0.1, -0.05) is 13.8 Å². The van der Waals surface area contributed by atoms with E-state index in [9.17, 15) is 4.79 Å². The van der Waals surface area contributed by atoms with Crippen LogP contribution >= 0.6 is 0 Å². The molecule has 0 radical (unpaired) electrons. The summed E-state index contributed by atoms with van der Waals surface area (Å²) in [5, 5.41) is 0. The molecule has 6 heteroatoms. The Labute approximate surface area is 126 Å². The molecule has 0 aromatic heterocycles. The summed E-state index contributed by atoms with van der Waals surface area (Å²) in [6.45, 7) is 12.3. The molecule has 0 saturated heterocycles. The zero-order valence-electron chi connectivity index (χ0n) is 13.8. The van der Waals surface area contributed by atoms with Gasteiger partial charge in [-0.05, 0) is 33.6 Å². The van der Waals surface area contributed by atoms with Crippen LogP contribution in [0.1, 0.15) is 41.5 Å². The number of carbonyl (C=O) groups is 1. The third-order valence-electron chi connectivity index (χ3n) is 3.14. The number of ether oxygens (including phenoxy) is 3. The topological polar surface area (TPSA) is 69.5 Å². The van der Waals surface area contributed by atoms with Crippen molar-refractivity contribution >= 4 is 17.8 Å². The van der Waals surface area contributed by atoms with Crippen LogP contribution in [-0.2, 0) is 19.0 Å². The van der Waals surface area contributed by atoms with E-state index in [0.29, 0.717) is 25.0 Å². The molecule has 1 rings (SSSR count). The van der Waals surface area contributed by atoms with Gasteiger partial charge in [0.25, 0.3) is 0 Å². The van der Waals surface area contributed by atoms with Crippen molar-refractivity contribution in [2.24, 2.45) is 15.9 Å². The van der Waals surface area contributed by atoms with Gasteiger partial charge in [0.15, 0.2) is 0 Å². The quantitative estimate of drug-likeness (QED) is 0.730. The van der Waals surface area contributed by atoms with Crippen LogP contribution in [0.15, 0.2) is 9.98 Å². The van der Waals surface area contributed by atoms with Crippen molar-refractivity contribution in [2.45, 2.75) is 53.1 Å². The molecule has 6 nitrogen and oxygen atoms in total. The molecule has 1 heterocycles. The first-order valence-corrected chi connectivity index (χ1v) is 7.51. The van der Waals surface area contributed by atoms with Crippen molar-refractivity contribution in [3.63, 3.8) is 0 Å². The van der Waals surface area contributed by atoms with Gasteiger partial charge >= 0.3 is 5.97 Å². The first-order valence-electron chi connectivity index (χ1n) is 7.51. The van der Waals surface area contributed by atoms with Crippen LogP contribution in [0.25, 0.3) is 0 Å². The van der Waals surface area contributed by atoms with Crippen LogP contribution in [-0.4, -0.2) is 49.2 Å². The molecule has 0 aromatic carbocycles. The summed E-state index contributed by atoms with van der Waals surface area (Å²) < 4.78 is 16.3. The van der Waals surface area contributed by atoms with Crippen LogP contribution < -0.4 is 0 Å². The maximum absolute atomic E-state index is 12.3. The minimum Gasteiger partial charge on any atom is -0.480 e. The third kappa shape index (κ3) is 3.74. The predicted molar refractivity (Wildman–Crippen MR) is 81.8 cm³/mol. The second-order valence-electron chi connectivity index (χ2n) is 5.23. The molecule has 1 aliphatic heterocycles. The molecule has 0 fully saturated rings. The molecule has 0 unspecified atom stereocenters. The second kappa shape index (κ2) is 7.43. The van der Waals surface area contributed by atoms with Gasteiger partial charge in [-0.2, -0.15) is 0 Å². The van der Waals surface area contributed by atoms with E-state index in [2.05, 4.69) is 9.98 Å². The lowest BCUT2D eigenvalue weighted by atomic mass is 9.97. The fraction of sp³-hybridized carbons (Fsp3) is 0.800. The molecule has 1 aliphatic rings. The molecule has 0 saturated carbocycles. The number of aliphatic imine (C=N–C) groups is 2. The lowest BCUT2D eigenvalue weighted by Gasteiger charge is -2.32. The van der Waals surface area contributed by atoms with E-state index < -0.39 is 11.5 Å². The molecule has 120 valence electrons. The van der Waals surface area contributed by atoms with Crippen molar-refractivity contribution in [1.29, 1.82) is 0 Å². The first kappa shape index (κ1) is 17.5. The van der Waals surface area contributed by atoms with E-state index in [4.69, 9.17) is 14.2 Å². The highest BCUT2D eigenvalue weighted by Gasteiger charge is 2.47. The van der Waals surface area contributed by atoms with Crippen LogP contribution in [0.4, 0.5) is 0 Å². The average molecular weight is 298 g/mol. The molecule has 0 N–H and O–H groups in total. The Morgan fingerprint density at radius 1 is 1.19 bits per heavy atom. The number of rotatable bonds is 5. The lowest BCUT2D eigenvalue weighted by Crippen LogP contribution is -2.51. The zero-order chi connectivity index (χ0) is 16.0. The lowest BCUT2D eigenvalue weighted by molar-refractivity contribution is -0.146. The van der Waals surface area contributed by atoms with E-state index in [0.717, 1.165) is 0 Å². The molecular formula is C15H26N2O4. The highest BCUT2D eigenvalue weighted by atomic mass is 16.5. The van der Waals surface area contributed by atoms with Gasteiger partial charge in [-0.25, -0.2) is 14.8 Å². The van der Waals surface area contributed by atoms with Gasteiger partial charge in [-0.15, -0.1) is 0 Å². The standard InChI is InChI=1S/C15H26N2O4/c1-7-19-12-11(10(4)5)16-13(20-8-2)15(6,17-12)14(18)21-9-3/h10-11H,7-9H2,1-6H3/t11-,15+/m0/s1. The molecule has 0 aliphatic carbocycles. The number of carbonyl (C=O) groups excluding carboxylic acids is 1. The Morgan fingerprint density at radius 3 is 2.29 bits per heavy atom. The van der Waals surface area contributed by atoms with Crippen molar-refractivity contribution < 1.29 is 19.0 Å². The monoisotopic (exact) mass is 298 g/mol. The van der Waals surface area contributed by atoms with Gasteiger partial charge in [0, 0.05) is 0 Å². The Hall–Kier alpha value is -1.59. The number of esters is 1. The Kier molecular flexibility index (Phi) is 6.18. The van der Waals surface area contributed by atoms with Crippen molar-refractivity contribution in [3.05, 3.63) is 0 Å². The summed E-state index contributed by atoms with van der Waals surface area (Å²) in [6.07, 6.45) is 0.